The van der Waals surface area contributed by atoms with Gasteiger partial charge in [-0.1, -0.05) is 36.4 Å². The number of nitrogens with zero attached hydrogens (tertiary/aromatic N) is 1. The lowest BCUT2D eigenvalue weighted by atomic mass is 9.99. The predicted molar refractivity (Wildman–Crippen MR) is 105 cm³/mol. The first-order chi connectivity index (χ1) is 11.3. The first-order valence-electron chi connectivity index (χ1n) is 8.28. The molecule has 4 nitrogen and oxygen atoms in total. The van der Waals surface area contributed by atoms with E-state index in [1.54, 1.807) is 6.20 Å². The first-order valence-corrected chi connectivity index (χ1v) is 8.28. The van der Waals surface area contributed by atoms with Crippen molar-refractivity contribution in [2.45, 2.75) is 25.3 Å². The molecule has 1 aliphatic heterocycles. The molecule has 1 aromatic carbocycles. The van der Waals surface area contributed by atoms with Crippen molar-refractivity contribution in [2.75, 3.05) is 13.1 Å². The zero-order chi connectivity index (χ0) is 15.9. The number of aromatic nitrogens is 1. The summed E-state index contributed by atoms with van der Waals surface area (Å²) in [6.45, 7) is 2.12. The molecule has 1 fully saturated rings. The normalized spacial score (nSPS) is 17.0. The Balaban J connectivity index is 0.00000156. The van der Waals surface area contributed by atoms with Crippen molar-refractivity contribution in [3.8, 4) is 0 Å². The van der Waals surface area contributed by atoms with Crippen LogP contribution >= 0.6 is 24.8 Å². The SMILES string of the molecule is Cl.Cl.O=C(CCC1CCNC1)NC(c1ccccc1)c1cccnc1. The summed E-state index contributed by atoms with van der Waals surface area (Å²) in [6.07, 6.45) is 6.28. The van der Waals surface area contributed by atoms with Crippen molar-refractivity contribution < 1.29 is 4.79 Å². The van der Waals surface area contributed by atoms with Gasteiger partial charge in [0.2, 0.25) is 5.91 Å². The van der Waals surface area contributed by atoms with Gasteiger partial charge in [-0.05, 0) is 49.0 Å². The number of nitrogens with one attached hydrogen (secondary N) is 2. The van der Waals surface area contributed by atoms with Crippen molar-refractivity contribution in [3.63, 3.8) is 0 Å². The minimum Gasteiger partial charge on any atom is -0.345 e. The van der Waals surface area contributed by atoms with Crippen molar-refractivity contribution in [1.82, 2.24) is 15.6 Å². The number of rotatable bonds is 6. The van der Waals surface area contributed by atoms with E-state index in [1.807, 2.05) is 48.7 Å². The lowest BCUT2D eigenvalue weighted by Crippen LogP contribution is -2.29. The smallest absolute Gasteiger partial charge is 0.220 e. The number of benzene rings is 1. The fraction of sp³-hybridized carbons (Fsp3) is 0.368. The molecule has 1 saturated heterocycles. The molecule has 6 heteroatoms. The van der Waals surface area contributed by atoms with Crippen LogP contribution in [0.1, 0.15) is 36.4 Å². The number of hydrogen-bond acceptors (Lipinski definition) is 3. The Hall–Kier alpha value is -1.62. The molecule has 0 radical (unpaired) electrons. The summed E-state index contributed by atoms with van der Waals surface area (Å²) in [5, 5.41) is 6.52. The number of pyridine rings is 1. The maximum Gasteiger partial charge on any atom is 0.220 e. The van der Waals surface area contributed by atoms with E-state index in [0.717, 1.165) is 30.6 Å². The summed E-state index contributed by atoms with van der Waals surface area (Å²) in [7, 11) is 0. The molecular formula is C19H25Cl2N3O. The molecule has 2 N–H and O–H groups in total. The zero-order valence-electron chi connectivity index (χ0n) is 14.1. The second-order valence-corrected chi connectivity index (χ2v) is 6.10. The predicted octanol–water partition coefficient (Wildman–Crippen LogP) is 3.52. The zero-order valence-corrected chi connectivity index (χ0v) is 15.7. The van der Waals surface area contributed by atoms with E-state index in [-0.39, 0.29) is 36.8 Å². The second-order valence-electron chi connectivity index (χ2n) is 6.10. The molecule has 2 atom stereocenters. The van der Waals surface area contributed by atoms with Crippen LogP contribution in [0.15, 0.2) is 54.9 Å². The molecule has 2 aromatic rings. The summed E-state index contributed by atoms with van der Waals surface area (Å²) in [5.41, 5.74) is 2.09. The highest BCUT2D eigenvalue weighted by atomic mass is 35.5. The second kappa shape index (κ2) is 11.1. The largest absolute Gasteiger partial charge is 0.345 e. The quantitative estimate of drug-likeness (QED) is 0.804. The van der Waals surface area contributed by atoms with Crippen LogP contribution in [0.4, 0.5) is 0 Å². The van der Waals surface area contributed by atoms with Crippen LogP contribution in [0.3, 0.4) is 0 Å². The van der Waals surface area contributed by atoms with Crippen LogP contribution in [0, 0.1) is 5.92 Å². The van der Waals surface area contributed by atoms with Gasteiger partial charge in [-0.25, -0.2) is 0 Å². The number of amides is 1. The van der Waals surface area contributed by atoms with E-state index in [9.17, 15) is 4.79 Å². The Kier molecular flexibility index (Phi) is 9.50. The molecule has 2 heterocycles. The van der Waals surface area contributed by atoms with Gasteiger partial charge in [0, 0.05) is 18.8 Å². The van der Waals surface area contributed by atoms with Crippen molar-refractivity contribution in [2.24, 2.45) is 5.92 Å². The molecule has 0 bridgehead atoms. The van der Waals surface area contributed by atoms with Crippen molar-refractivity contribution in [1.29, 1.82) is 0 Å². The fourth-order valence-electron chi connectivity index (χ4n) is 3.08. The number of halogens is 2. The van der Waals surface area contributed by atoms with Crippen LogP contribution in [-0.2, 0) is 4.79 Å². The average molecular weight is 382 g/mol. The molecule has 0 spiro atoms. The summed E-state index contributed by atoms with van der Waals surface area (Å²) < 4.78 is 0. The summed E-state index contributed by atoms with van der Waals surface area (Å²) in [4.78, 5) is 16.6. The van der Waals surface area contributed by atoms with Crippen LogP contribution in [-0.4, -0.2) is 24.0 Å². The maximum absolute atomic E-state index is 12.4. The fourth-order valence-corrected chi connectivity index (χ4v) is 3.08. The molecule has 25 heavy (non-hydrogen) atoms. The average Bonchev–Trinajstić information content (AvgIpc) is 3.13. The highest BCUT2D eigenvalue weighted by molar-refractivity contribution is 5.85. The van der Waals surface area contributed by atoms with E-state index in [1.165, 1.54) is 6.42 Å². The third kappa shape index (κ3) is 6.31. The van der Waals surface area contributed by atoms with Gasteiger partial charge >= 0.3 is 0 Å². The van der Waals surface area contributed by atoms with Gasteiger partial charge in [-0.2, -0.15) is 0 Å². The third-order valence-corrected chi connectivity index (χ3v) is 4.40. The Labute approximate surface area is 161 Å². The van der Waals surface area contributed by atoms with E-state index in [4.69, 9.17) is 0 Å². The highest BCUT2D eigenvalue weighted by Crippen LogP contribution is 2.22. The lowest BCUT2D eigenvalue weighted by molar-refractivity contribution is -0.121. The van der Waals surface area contributed by atoms with Gasteiger partial charge in [-0.3, -0.25) is 9.78 Å². The van der Waals surface area contributed by atoms with E-state index >= 15 is 0 Å². The number of hydrogen-bond donors (Lipinski definition) is 2. The van der Waals surface area contributed by atoms with Gasteiger partial charge in [0.15, 0.2) is 0 Å². The molecule has 2 unspecified atom stereocenters. The van der Waals surface area contributed by atoms with Gasteiger partial charge in [0.1, 0.15) is 0 Å². The third-order valence-electron chi connectivity index (χ3n) is 4.40. The summed E-state index contributed by atoms with van der Waals surface area (Å²) in [5.74, 6) is 0.740. The monoisotopic (exact) mass is 381 g/mol. The first kappa shape index (κ1) is 21.4. The Bertz CT molecular complexity index is 580. The Morgan fingerprint density at radius 1 is 1.16 bits per heavy atom. The van der Waals surface area contributed by atoms with Crippen molar-refractivity contribution >= 4 is 30.7 Å². The molecule has 0 aliphatic carbocycles. The van der Waals surface area contributed by atoms with E-state index < -0.39 is 0 Å². The minimum atomic E-state index is -0.140. The Morgan fingerprint density at radius 2 is 1.92 bits per heavy atom. The highest BCUT2D eigenvalue weighted by Gasteiger charge is 2.19. The van der Waals surface area contributed by atoms with Gasteiger partial charge < -0.3 is 10.6 Å². The van der Waals surface area contributed by atoms with Gasteiger partial charge in [0.05, 0.1) is 6.04 Å². The van der Waals surface area contributed by atoms with Crippen LogP contribution in [0.2, 0.25) is 0 Å². The number of carbonyl (C=O) groups excluding carboxylic acids is 1. The standard InChI is InChI=1S/C19H23N3O.2ClH/c23-18(9-8-15-10-12-21-13-15)22-19(16-5-2-1-3-6-16)17-7-4-11-20-14-17;;/h1-7,11,14-15,19,21H,8-10,12-13H2,(H,22,23);2*1H. The van der Waals surface area contributed by atoms with Gasteiger partial charge in [-0.15, -0.1) is 24.8 Å². The molecule has 1 amide bonds. The van der Waals surface area contributed by atoms with E-state index in [2.05, 4.69) is 15.6 Å². The lowest BCUT2D eigenvalue weighted by Gasteiger charge is -2.20. The molecular weight excluding hydrogens is 357 g/mol. The summed E-state index contributed by atoms with van der Waals surface area (Å²) in [6, 6.07) is 13.8. The van der Waals surface area contributed by atoms with Crippen LogP contribution in [0.5, 0.6) is 0 Å². The summed E-state index contributed by atoms with van der Waals surface area (Å²) >= 11 is 0. The van der Waals surface area contributed by atoms with Crippen molar-refractivity contribution in [3.05, 3.63) is 66.0 Å². The maximum atomic E-state index is 12.4. The minimum absolute atomic E-state index is 0. The molecule has 0 saturated carbocycles. The van der Waals surface area contributed by atoms with Crippen LogP contribution in [0.25, 0.3) is 0 Å². The topological polar surface area (TPSA) is 54.0 Å². The molecule has 136 valence electrons. The molecule has 3 rings (SSSR count). The van der Waals surface area contributed by atoms with Crippen LogP contribution < -0.4 is 10.6 Å². The Morgan fingerprint density at radius 3 is 2.56 bits per heavy atom. The van der Waals surface area contributed by atoms with Gasteiger partial charge in [0.25, 0.3) is 0 Å². The molecule has 1 aliphatic rings. The van der Waals surface area contributed by atoms with E-state index in [0.29, 0.717) is 12.3 Å². The molecule has 1 aromatic heterocycles. The number of carbonyl (C=O) groups is 1.